The molecule has 3 aliphatic rings. The molecule has 0 spiro atoms. The fourth-order valence-electron chi connectivity index (χ4n) is 5.19. The average Bonchev–Trinajstić information content (AvgIpc) is 3.42. The molecule has 2 aromatic heterocycles. The Hall–Kier alpha value is -3.03. The van der Waals surface area contributed by atoms with E-state index in [4.69, 9.17) is 0 Å². The first kappa shape index (κ1) is 22.7. The number of aromatic nitrogens is 4. The maximum atomic E-state index is 12.6. The van der Waals surface area contributed by atoms with Gasteiger partial charge in [0.2, 0.25) is 5.91 Å². The maximum absolute atomic E-state index is 12.6. The van der Waals surface area contributed by atoms with Crippen molar-refractivity contribution < 1.29 is 24.6 Å². The van der Waals surface area contributed by atoms with E-state index in [9.17, 15) is 24.6 Å². The lowest BCUT2D eigenvalue weighted by molar-refractivity contribution is -0.163. The van der Waals surface area contributed by atoms with Crippen LogP contribution in [0.4, 0.5) is 5.82 Å². The summed E-state index contributed by atoms with van der Waals surface area (Å²) < 4.78 is 1.77. The first-order valence-electron chi connectivity index (χ1n) is 11.0. The van der Waals surface area contributed by atoms with E-state index in [0.717, 1.165) is 6.29 Å². The summed E-state index contributed by atoms with van der Waals surface area (Å²) in [6.07, 6.45) is 3.57. The minimum absolute atomic E-state index is 0.00976. The standard InChI is InChI=1S/C21H25N7O5S/c1-9-15-13(10(2)30)20(31)28(15)16(21(32)33)17(9)34-12-4-11(6-29)27(5-12)25-18-14-19(23-7-22-18)26(3)8-24-14/h6-13,15,30H,4-5H2,1-3H3,(H,32,33)(H,22,23,25)/t9-,10+,11-,12?,13?,15+/m0/s1. The molecular formula is C21H25N7O5S. The van der Waals surface area contributed by atoms with E-state index in [1.165, 1.54) is 23.0 Å². The van der Waals surface area contributed by atoms with Gasteiger partial charge in [-0.05, 0) is 13.3 Å². The molecule has 0 saturated carbocycles. The Morgan fingerprint density at radius 3 is 2.79 bits per heavy atom. The van der Waals surface area contributed by atoms with E-state index in [0.29, 0.717) is 34.9 Å². The van der Waals surface area contributed by atoms with Gasteiger partial charge in [0.1, 0.15) is 18.3 Å². The van der Waals surface area contributed by atoms with Crippen molar-refractivity contribution in [2.45, 2.75) is 43.7 Å². The van der Waals surface area contributed by atoms with Gasteiger partial charge in [-0.15, -0.1) is 11.8 Å². The molecule has 2 unspecified atom stereocenters. The van der Waals surface area contributed by atoms with Gasteiger partial charge in [0.15, 0.2) is 17.0 Å². The molecular weight excluding hydrogens is 462 g/mol. The van der Waals surface area contributed by atoms with Gasteiger partial charge in [-0.1, -0.05) is 6.92 Å². The molecule has 180 valence electrons. The van der Waals surface area contributed by atoms with Crippen LogP contribution in [-0.4, -0.2) is 87.8 Å². The Kier molecular flexibility index (Phi) is 5.57. The van der Waals surface area contributed by atoms with Crippen LogP contribution < -0.4 is 5.43 Å². The molecule has 3 N–H and O–H groups in total. The van der Waals surface area contributed by atoms with Gasteiger partial charge < -0.3 is 29.9 Å². The van der Waals surface area contributed by atoms with Gasteiger partial charge in [0, 0.05) is 29.7 Å². The Morgan fingerprint density at radius 1 is 1.35 bits per heavy atom. The number of aliphatic carboxylic acids is 1. The van der Waals surface area contributed by atoms with Crippen molar-refractivity contribution in [1.82, 2.24) is 29.4 Å². The normalized spacial score (nSPS) is 29.9. The first-order valence-corrected chi connectivity index (χ1v) is 11.9. The van der Waals surface area contributed by atoms with E-state index >= 15 is 0 Å². The summed E-state index contributed by atoms with van der Waals surface area (Å²) in [6.45, 7) is 3.89. The lowest BCUT2D eigenvalue weighted by atomic mass is 9.79. The number of nitrogens with one attached hydrogen (secondary N) is 1. The molecule has 0 aliphatic carbocycles. The van der Waals surface area contributed by atoms with Crippen molar-refractivity contribution >= 4 is 46.9 Å². The Balaban J connectivity index is 1.37. The van der Waals surface area contributed by atoms with E-state index < -0.39 is 24.0 Å². The third kappa shape index (κ3) is 3.37. The number of amides is 1. The Bertz CT molecular complexity index is 1210. The van der Waals surface area contributed by atoms with Crippen molar-refractivity contribution in [1.29, 1.82) is 0 Å². The lowest BCUT2D eigenvalue weighted by Crippen LogP contribution is -2.63. The Morgan fingerprint density at radius 2 is 2.12 bits per heavy atom. The van der Waals surface area contributed by atoms with Crippen molar-refractivity contribution in [3.8, 4) is 0 Å². The minimum Gasteiger partial charge on any atom is -0.477 e. The van der Waals surface area contributed by atoms with Crippen molar-refractivity contribution in [2.24, 2.45) is 18.9 Å². The first-order chi connectivity index (χ1) is 16.2. The number of carboxylic acids is 1. The van der Waals surface area contributed by atoms with Crippen LogP contribution in [0.1, 0.15) is 20.3 Å². The number of aliphatic hydroxyl groups excluding tert-OH is 1. The fraction of sp³-hybridized carbons (Fsp3) is 0.524. The second-order valence-electron chi connectivity index (χ2n) is 8.97. The molecule has 3 aliphatic heterocycles. The van der Waals surface area contributed by atoms with Crippen LogP contribution in [0.2, 0.25) is 0 Å². The van der Waals surface area contributed by atoms with Gasteiger partial charge in [0.05, 0.1) is 30.4 Å². The van der Waals surface area contributed by atoms with Crippen LogP contribution in [0.15, 0.2) is 23.3 Å². The second-order valence-corrected chi connectivity index (χ2v) is 10.3. The van der Waals surface area contributed by atoms with Crippen LogP contribution in [0, 0.1) is 11.8 Å². The SMILES string of the molecule is C[C@@H]1C(SC2C[C@@H](C=O)N(Nc3ncnc4c3ncn4C)C2)=C(C(=O)O)N2C(=O)C([C@@H](C)O)[C@@H]12. The summed E-state index contributed by atoms with van der Waals surface area (Å²) in [5, 5.41) is 21.6. The zero-order valence-corrected chi connectivity index (χ0v) is 19.6. The highest BCUT2D eigenvalue weighted by atomic mass is 32.2. The topological polar surface area (TPSA) is 154 Å². The van der Waals surface area contributed by atoms with Crippen molar-refractivity contribution in [3.63, 3.8) is 0 Å². The number of hydrazine groups is 1. The summed E-state index contributed by atoms with van der Waals surface area (Å²) in [5.41, 5.74) is 4.42. The minimum atomic E-state index is -1.16. The quantitative estimate of drug-likeness (QED) is 0.363. The predicted octanol–water partition coefficient (Wildman–Crippen LogP) is 0.219. The summed E-state index contributed by atoms with van der Waals surface area (Å²) in [6, 6.07) is -0.808. The molecule has 34 heavy (non-hydrogen) atoms. The van der Waals surface area contributed by atoms with Crippen molar-refractivity contribution in [2.75, 3.05) is 12.0 Å². The van der Waals surface area contributed by atoms with Gasteiger partial charge >= 0.3 is 5.97 Å². The number of imidazole rings is 1. The zero-order chi connectivity index (χ0) is 24.3. The molecule has 0 radical (unpaired) electrons. The van der Waals surface area contributed by atoms with Crippen LogP contribution in [0.5, 0.6) is 0 Å². The van der Waals surface area contributed by atoms with Crippen LogP contribution in [0.25, 0.3) is 11.2 Å². The highest BCUT2D eigenvalue weighted by molar-refractivity contribution is 8.03. The fourth-order valence-corrected chi connectivity index (χ4v) is 6.73. The summed E-state index contributed by atoms with van der Waals surface area (Å²) >= 11 is 1.39. The summed E-state index contributed by atoms with van der Waals surface area (Å²) in [7, 11) is 1.83. The number of fused-ring (bicyclic) bond motifs is 2. The highest BCUT2D eigenvalue weighted by Crippen LogP contribution is 2.52. The number of carboxylic acid groups (broad SMARTS) is 1. The molecule has 1 amide bonds. The van der Waals surface area contributed by atoms with Crippen molar-refractivity contribution in [3.05, 3.63) is 23.3 Å². The molecule has 5 rings (SSSR count). The number of carbonyl (C=O) groups is 3. The van der Waals surface area contributed by atoms with Crippen LogP contribution in [0.3, 0.4) is 0 Å². The van der Waals surface area contributed by atoms with E-state index in [2.05, 4.69) is 20.4 Å². The molecule has 0 aromatic carbocycles. The molecule has 2 aromatic rings. The number of hydrogen-bond acceptors (Lipinski definition) is 10. The maximum Gasteiger partial charge on any atom is 0.353 e. The molecule has 5 heterocycles. The number of rotatable bonds is 7. The number of aliphatic hydroxyl groups is 1. The molecule has 12 nitrogen and oxygen atoms in total. The number of hydrogen-bond donors (Lipinski definition) is 3. The van der Waals surface area contributed by atoms with Gasteiger partial charge in [-0.2, -0.15) is 0 Å². The highest BCUT2D eigenvalue weighted by Gasteiger charge is 2.60. The molecule has 13 heteroatoms. The van der Waals surface area contributed by atoms with E-state index in [1.807, 2.05) is 14.0 Å². The number of nitrogens with zero attached hydrogens (tertiary/aromatic N) is 6. The largest absolute Gasteiger partial charge is 0.477 e. The van der Waals surface area contributed by atoms with Gasteiger partial charge in [-0.3, -0.25) is 4.79 Å². The van der Waals surface area contributed by atoms with Crippen LogP contribution in [-0.2, 0) is 21.4 Å². The number of carbonyl (C=O) groups excluding carboxylic acids is 2. The van der Waals surface area contributed by atoms with E-state index in [-0.39, 0.29) is 28.8 Å². The number of thioether (sulfide) groups is 1. The van der Waals surface area contributed by atoms with Gasteiger partial charge in [-0.25, -0.2) is 24.8 Å². The number of anilines is 1. The Labute approximate surface area is 199 Å². The number of aryl methyl sites for hydroxylation is 1. The number of β-lactam (4-membered cyclic amide) rings is 1. The second kappa shape index (κ2) is 8.32. The smallest absolute Gasteiger partial charge is 0.353 e. The third-order valence-corrected chi connectivity index (χ3v) is 8.31. The summed E-state index contributed by atoms with van der Waals surface area (Å²) in [4.78, 5) is 51.2. The predicted molar refractivity (Wildman–Crippen MR) is 122 cm³/mol. The zero-order valence-electron chi connectivity index (χ0n) is 18.8. The molecule has 0 bridgehead atoms. The monoisotopic (exact) mass is 487 g/mol. The average molecular weight is 488 g/mol. The van der Waals surface area contributed by atoms with Crippen LogP contribution >= 0.6 is 11.8 Å². The molecule has 2 saturated heterocycles. The number of aldehydes is 1. The molecule has 2 fully saturated rings. The lowest BCUT2D eigenvalue weighted by Gasteiger charge is -2.46. The van der Waals surface area contributed by atoms with E-state index in [1.54, 1.807) is 22.8 Å². The van der Waals surface area contributed by atoms with Gasteiger partial charge in [0.25, 0.3) is 0 Å². The third-order valence-electron chi connectivity index (χ3n) is 6.81. The molecule has 6 atom stereocenters. The summed E-state index contributed by atoms with van der Waals surface area (Å²) in [5.74, 6) is -1.86.